The van der Waals surface area contributed by atoms with Crippen molar-refractivity contribution >= 4 is 16.7 Å². The van der Waals surface area contributed by atoms with Crippen molar-refractivity contribution in [1.82, 2.24) is 9.97 Å². The number of ether oxygens (including phenoxy) is 1. The predicted octanol–water partition coefficient (Wildman–Crippen LogP) is 5.08. The molecule has 0 aliphatic rings. The molecule has 0 fully saturated rings. The van der Waals surface area contributed by atoms with Crippen LogP contribution in [-0.4, -0.2) is 17.1 Å². The van der Waals surface area contributed by atoms with Gasteiger partial charge in [-0.25, -0.2) is 4.98 Å². The molecule has 4 heteroatoms. The van der Waals surface area contributed by atoms with E-state index in [9.17, 15) is 0 Å². The molecule has 0 bridgehead atoms. The minimum absolute atomic E-state index is 0.0452. The van der Waals surface area contributed by atoms with Gasteiger partial charge in [-0.05, 0) is 42.8 Å². The third kappa shape index (κ3) is 3.02. The molecule has 0 radical (unpaired) electrons. The summed E-state index contributed by atoms with van der Waals surface area (Å²) < 4.78 is 5.44. The maximum absolute atomic E-state index is 5.44. The number of nitrogens with zero attached hydrogens (tertiary/aromatic N) is 1. The van der Waals surface area contributed by atoms with Gasteiger partial charge < -0.3 is 15.0 Å². The standard InChI is InChI=1S/C22H21N3O/c1-15-21(18-10-3-4-11-19(18)24-15)22(25-20-12-5-6-13-23-20)16-8-7-9-17(14-16)26-2/h3-14,22,24H,1-2H3,(H,23,25). The van der Waals surface area contributed by atoms with Crippen LogP contribution in [0.25, 0.3) is 10.9 Å². The van der Waals surface area contributed by atoms with Crippen molar-refractivity contribution in [2.24, 2.45) is 0 Å². The molecule has 4 nitrogen and oxygen atoms in total. The number of aromatic amines is 1. The van der Waals surface area contributed by atoms with E-state index in [4.69, 9.17) is 4.74 Å². The number of H-pyrrole nitrogens is 1. The first-order valence-electron chi connectivity index (χ1n) is 8.65. The Balaban J connectivity index is 1.88. The lowest BCUT2D eigenvalue weighted by atomic mass is 9.95. The van der Waals surface area contributed by atoms with Gasteiger partial charge >= 0.3 is 0 Å². The highest BCUT2D eigenvalue weighted by atomic mass is 16.5. The smallest absolute Gasteiger partial charge is 0.126 e. The third-order valence-electron chi connectivity index (χ3n) is 4.62. The Bertz CT molecular complexity index is 1020. The van der Waals surface area contributed by atoms with E-state index in [-0.39, 0.29) is 6.04 Å². The summed E-state index contributed by atoms with van der Waals surface area (Å²) >= 11 is 0. The van der Waals surface area contributed by atoms with E-state index in [1.54, 1.807) is 13.3 Å². The molecule has 2 aromatic heterocycles. The van der Waals surface area contributed by atoms with E-state index in [1.165, 1.54) is 10.9 Å². The molecule has 1 atom stereocenters. The van der Waals surface area contributed by atoms with Gasteiger partial charge in [-0.15, -0.1) is 0 Å². The summed E-state index contributed by atoms with van der Waals surface area (Å²) in [5.41, 5.74) is 4.63. The highest BCUT2D eigenvalue weighted by Crippen LogP contribution is 2.35. The first-order valence-corrected chi connectivity index (χ1v) is 8.65. The average Bonchev–Trinajstić information content (AvgIpc) is 3.02. The molecular weight excluding hydrogens is 322 g/mol. The Morgan fingerprint density at radius 1 is 1.00 bits per heavy atom. The lowest BCUT2D eigenvalue weighted by Gasteiger charge is -2.21. The maximum Gasteiger partial charge on any atom is 0.126 e. The summed E-state index contributed by atoms with van der Waals surface area (Å²) in [6, 6.07) is 22.4. The molecule has 130 valence electrons. The largest absolute Gasteiger partial charge is 0.497 e. The number of nitrogens with one attached hydrogen (secondary N) is 2. The van der Waals surface area contributed by atoms with Gasteiger partial charge in [0.05, 0.1) is 13.2 Å². The van der Waals surface area contributed by atoms with Crippen LogP contribution in [0.3, 0.4) is 0 Å². The van der Waals surface area contributed by atoms with Gasteiger partial charge in [0.15, 0.2) is 0 Å². The van der Waals surface area contributed by atoms with Crippen LogP contribution in [0.4, 0.5) is 5.82 Å². The summed E-state index contributed by atoms with van der Waals surface area (Å²) in [4.78, 5) is 7.95. The normalized spacial score (nSPS) is 12.1. The first kappa shape index (κ1) is 16.2. The average molecular weight is 343 g/mol. The van der Waals surface area contributed by atoms with Crippen molar-refractivity contribution in [3.8, 4) is 5.75 Å². The number of fused-ring (bicyclic) bond motifs is 1. The van der Waals surface area contributed by atoms with E-state index in [2.05, 4.69) is 58.6 Å². The number of hydrogen-bond donors (Lipinski definition) is 2. The predicted molar refractivity (Wildman–Crippen MR) is 106 cm³/mol. The highest BCUT2D eigenvalue weighted by Gasteiger charge is 2.21. The summed E-state index contributed by atoms with van der Waals surface area (Å²) in [6.45, 7) is 2.11. The van der Waals surface area contributed by atoms with Crippen LogP contribution in [-0.2, 0) is 0 Å². The molecule has 0 aliphatic heterocycles. The quantitative estimate of drug-likeness (QED) is 0.531. The molecule has 0 aliphatic carbocycles. The third-order valence-corrected chi connectivity index (χ3v) is 4.62. The van der Waals surface area contributed by atoms with Crippen molar-refractivity contribution in [3.63, 3.8) is 0 Å². The lowest BCUT2D eigenvalue weighted by molar-refractivity contribution is 0.414. The molecule has 2 aromatic carbocycles. The molecule has 0 saturated heterocycles. The zero-order valence-electron chi connectivity index (χ0n) is 14.9. The van der Waals surface area contributed by atoms with Crippen LogP contribution < -0.4 is 10.1 Å². The summed E-state index contributed by atoms with van der Waals surface area (Å²) in [5.74, 6) is 1.68. The fraction of sp³-hybridized carbons (Fsp3) is 0.136. The molecule has 0 saturated carbocycles. The zero-order valence-corrected chi connectivity index (χ0v) is 14.9. The molecule has 2 N–H and O–H groups in total. The van der Waals surface area contributed by atoms with E-state index in [0.717, 1.165) is 28.3 Å². The van der Waals surface area contributed by atoms with E-state index >= 15 is 0 Å². The van der Waals surface area contributed by atoms with Crippen molar-refractivity contribution in [2.75, 3.05) is 12.4 Å². The second-order valence-electron chi connectivity index (χ2n) is 6.28. The summed E-state index contributed by atoms with van der Waals surface area (Å²) in [6.07, 6.45) is 1.80. The van der Waals surface area contributed by atoms with Crippen molar-refractivity contribution in [1.29, 1.82) is 0 Å². The van der Waals surface area contributed by atoms with E-state index < -0.39 is 0 Å². The molecule has 0 amide bonds. The van der Waals surface area contributed by atoms with Gasteiger partial charge in [0, 0.05) is 28.4 Å². The first-order chi connectivity index (χ1) is 12.8. The molecular formula is C22H21N3O. The van der Waals surface area contributed by atoms with Crippen LogP contribution in [0.1, 0.15) is 22.9 Å². The van der Waals surface area contributed by atoms with Crippen molar-refractivity contribution in [3.05, 3.63) is 89.7 Å². The fourth-order valence-corrected chi connectivity index (χ4v) is 3.41. The minimum Gasteiger partial charge on any atom is -0.497 e. The number of benzene rings is 2. The number of methoxy groups -OCH3 is 1. The minimum atomic E-state index is -0.0452. The van der Waals surface area contributed by atoms with Crippen LogP contribution in [0.5, 0.6) is 5.75 Å². The number of anilines is 1. The van der Waals surface area contributed by atoms with Crippen LogP contribution in [0, 0.1) is 6.92 Å². The molecule has 4 aromatic rings. The van der Waals surface area contributed by atoms with Crippen LogP contribution in [0.15, 0.2) is 72.9 Å². The van der Waals surface area contributed by atoms with Crippen LogP contribution in [0.2, 0.25) is 0 Å². The molecule has 4 rings (SSSR count). The molecule has 0 spiro atoms. The fourth-order valence-electron chi connectivity index (χ4n) is 3.41. The van der Waals surface area contributed by atoms with Gasteiger partial charge in [0.1, 0.15) is 11.6 Å². The summed E-state index contributed by atoms with van der Waals surface area (Å²) in [5, 5.41) is 4.80. The number of hydrogen-bond acceptors (Lipinski definition) is 3. The topological polar surface area (TPSA) is 49.9 Å². The van der Waals surface area contributed by atoms with Gasteiger partial charge in [0.2, 0.25) is 0 Å². The monoisotopic (exact) mass is 343 g/mol. The SMILES string of the molecule is COc1cccc(C(Nc2ccccn2)c2c(C)[nH]c3ccccc23)c1. The van der Waals surface area contributed by atoms with Crippen LogP contribution >= 0.6 is 0 Å². The van der Waals surface area contributed by atoms with Crippen molar-refractivity contribution in [2.45, 2.75) is 13.0 Å². The summed E-state index contributed by atoms with van der Waals surface area (Å²) in [7, 11) is 1.69. The van der Waals surface area contributed by atoms with Gasteiger partial charge in [-0.1, -0.05) is 36.4 Å². The number of pyridine rings is 1. The van der Waals surface area contributed by atoms with Gasteiger partial charge in [-0.2, -0.15) is 0 Å². The number of aryl methyl sites for hydroxylation is 1. The van der Waals surface area contributed by atoms with E-state index in [0.29, 0.717) is 0 Å². The Kier molecular flexibility index (Phi) is 4.32. The van der Waals surface area contributed by atoms with Gasteiger partial charge in [-0.3, -0.25) is 0 Å². The van der Waals surface area contributed by atoms with Gasteiger partial charge in [0.25, 0.3) is 0 Å². The zero-order chi connectivity index (χ0) is 17.9. The number of para-hydroxylation sites is 1. The Labute approximate surface area is 152 Å². The maximum atomic E-state index is 5.44. The molecule has 26 heavy (non-hydrogen) atoms. The second kappa shape index (κ2) is 6.92. The number of aromatic nitrogens is 2. The molecule has 1 unspecified atom stereocenters. The van der Waals surface area contributed by atoms with Crippen molar-refractivity contribution < 1.29 is 4.74 Å². The Morgan fingerprint density at radius 2 is 1.85 bits per heavy atom. The molecule has 2 heterocycles. The Hall–Kier alpha value is -3.27. The lowest BCUT2D eigenvalue weighted by Crippen LogP contribution is -2.14. The highest BCUT2D eigenvalue weighted by molar-refractivity contribution is 5.86. The number of rotatable bonds is 5. The second-order valence-corrected chi connectivity index (χ2v) is 6.28. The Morgan fingerprint density at radius 3 is 2.65 bits per heavy atom. The van der Waals surface area contributed by atoms with E-state index in [1.807, 2.05) is 30.3 Å².